The van der Waals surface area contributed by atoms with Crippen LogP contribution >= 0.6 is 0 Å². The minimum absolute atomic E-state index is 0.266. The van der Waals surface area contributed by atoms with Crippen LogP contribution in [0.15, 0.2) is 12.2 Å². The van der Waals surface area contributed by atoms with E-state index in [9.17, 15) is 9.59 Å². The minimum atomic E-state index is -0.450. The lowest BCUT2D eigenvalue weighted by Crippen LogP contribution is -2.26. The van der Waals surface area contributed by atoms with Crippen molar-refractivity contribution in [2.24, 2.45) is 11.8 Å². The highest BCUT2D eigenvalue weighted by Gasteiger charge is 2.46. The molecule has 0 radical (unpaired) electrons. The molecule has 0 saturated carbocycles. The lowest BCUT2D eigenvalue weighted by molar-refractivity contribution is -0.172. The van der Waals surface area contributed by atoms with Crippen LogP contribution in [0.3, 0.4) is 0 Å². The zero-order valence-corrected chi connectivity index (χ0v) is 6.43. The summed E-state index contributed by atoms with van der Waals surface area (Å²) in [6.45, 7) is 0. The van der Waals surface area contributed by atoms with Gasteiger partial charge in [-0.15, -0.1) is 0 Å². The van der Waals surface area contributed by atoms with Crippen molar-refractivity contribution in [2.75, 3.05) is 0 Å². The lowest BCUT2D eigenvalue weighted by atomic mass is 9.85. The van der Waals surface area contributed by atoms with E-state index in [-0.39, 0.29) is 16.9 Å². The summed E-state index contributed by atoms with van der Waals surface area (Å²) in [4.78, 5) is 22.3. The van der Waals surface area contributed by atoms with E-state index in [4.69, 9.17) is 5.21 Å². The van der Waals surface area contributed by atoms with Gasteiger partial charge in [0.15, 0.2) is 0 Å². The van der Waals surface area contributed by atoms with Crippen molar-refractivity contribution in [2.45, 2.75) is 12.8 Å². The number of carbonyl (C=O) groups is 2. The maximum atomic E-state index is 11.2. The maximum absolute atomic E-state index is 11.2. The van der Waals surface area contributed by atoms with E-state index in [1.165, 1.54) is 0 Å². The summed E-state index contributed by atoms with van der Waals surface area (Å²) in [5.41, 5.74) is 0. The van der Waals surface area contributed by atoms with Crippen LogP contribution in [-0.4, -0.2) is 22.1 Å². The van der Waals surface area contributed by atoms with Crippen molar-refractivity contribution in [3.63, 3.8) is 0 Å². The molecule has 12 heavy (non-hydrogen) atoms. The zero-order chi connectivity index (χ0) is 8.72. The lowest BCUT2D eigenvalue weighted by Gasteiger charge is -2.14. The first kappa shape index (κ1) is 7.49. The first-order chi connectivity index (χ1) is 5.72. The molecular formula is C8H9NO3. The summed E-state index contributed by atoms with van der Waals surface area (Å²) < 4.78 is 0. The Hall–Kier alpha value is -1.16. The molecule has 64 valence electrons. The number of hydroxylamine groups is 2. The molecular weight excluding hydrogens is 158 g/mol. The molecule has 0 spiro atoms. The van der Waals surface area contributed by atoms with Crippen LogP contribution in [0.25, 0.3) is 0 Å². The average Bonchev–Trinajstić information content (AvgIpc) is 2.33. The van der Waals surface area contributed by atoms with Crippen molar-refractivity contribution in [3.8, 4) is 0 Å². The smallest absolute Gasteiger partial charge is 0.257 e. The molecule has 0 aromatic rings. The summed E-state index contributed by atoms with van der Waals surface area (Å²) in [6.07, 6.45) is 4.91. The summed E-state index contributed by atoms with van der Waals surface area (Å²) in [5.74, 6) is -1.52. The second kappa shape index (κ2) is 2.42. The molecule has 1 N–H and O–H groups in total. The van der Waals surface area contributed by atoms with Gasteiger partial charge in [0.1, 0.15) is 0 Å². The SMILES string of the molecule is O=C1[C@H]2CC=CC[C@@H]2C(=O)N1O. The van der Waals surface area contributed by atoms with Gasteiger partial charge in [0.2, 0.25) is 0 Å². The van der Waals surface area contributed by atoms with Gasteiger partial charge in [-0.2, -0.15) is 5.06 Å². The summed E-state index contributed by atoms with van der Waals surface area (Å²) in [7, 11) is 0. The van der Waals surface area contributed by atoms with E-state index in [1.54, 1.807) is 0 Å². The number of fused-ring (bicyclic) bond motifs is 1. The molecule has 1 saturated heterocycles. The van der Waals surface area contributed by atoms with E-state index in [1.807, 2.05) is 12.2 Å². The Balaban J connectivity index is 2.31. The van der Waals surface area contributed by atoms with E-state index >= 15 is 0 Å². The van der Waals surface area contributed by atoms with Crippen molar-refractivity contribution < 1.29 is 14.8 Å². The van der Waals surface area contributed by atoms with E-state index in [0.29, 0.717) is 12.8 Å². The van der Waals surface area contributed by atoms with Gasteiger partial charge in [-0.05, 0) is 12.8 Å². The summed E-state index contributed by atoms with van der Waals surface area (Å²) in [5, 5.41) is 9.27. The maximum Gasteiger partial charge on any atom is 0.257 e. The monoisotopic (exact) mass is 167 g/mol. The van der Waals surface area contributed by atoms with Crippen molar-refractivity contribution >= 4 is 11.8 Å². The van der Waals surface area contributed by atoms with E-state index < -0.39 is 11.8 Å². The van der Waals surface area contributed by atoms with Crippen LogP contribution in [0.4, 0.5) is 0 Å². The second-order valence-electron chi connectivity index (χ2n) is 3.14. The van der Waals surface area contributed by atoms with Gasteiger partial charge >= 0.3 is 0 Å². The molecule has 2 amide bonds. The summed E-state index contributed by atoms with van der Waals surface area (Å²) >= 11 is 0. The first-order valence-corrected chi connectivity index (χ1v) is 3.93. The molecule has 2 atom stereocenters. The van der Waals surface area contributed by atoms with Gasteiger partial charge in [0.05, 0.1) is 11.8 Å². The first-order valence-electron chi connectivity index (χ1n) is 3.93. The molecule has 2 rings (SSSR count). The zero-order valence-electron chi connectivity index (χ0n) is 6.43. The Morgan fingerprint density at radius 1 is 1.17 bits per heavy atom. The van der Waals surface area contributed by atoms with Crippen LogP contribution in [0, 0.1) is 11.8 Å². The Bertz CT molecular complexity index is 245. The Morgan fingerprint density at radius 3 is 2.00 bits per heavy atom. The van der Waals surface area contributed by atoms with Gasteiger partial charge in [0.25, 0.3) is 11.8 Å². The van der Waals surface area contributed by atoms with Gasteiger partial charge in [-0.1, -0.05) is 12.2 Å². The van der Waals surface area contributed by atoms with E-state index in [0.717, 1.165) is 0 Å². The quantitative estimate of drug-likeness (QED) is 0.321. The molecule has 0 aromatic heterocycles. The predicted octanol–water partition coefficient (Wildman–Crippen LogP) is 0.327. The topological polar surface area (TPSA) is 57.6 Å². The van der Waals surface area contributed by atoms with Gasteiger partial charge in [-0.25, -0.2) is 0 Å². The molecule has 2 aliphatic rings. The fraction of sp³-hybridized carbons (Fsp3) is 0.500. The minimum Gasteiger partial charge on any atom is -0.278 e. The predicted molar refractivity (Wildman–Crippen MR) is 39.0 cm³/mol. The Kier molecular flexibility index (Phi) is 1.51. The highest BCUT2D eigenvalue weighted by atomic mass is 16.5. The normalized spacial score (nSPS) is 34.2. The van der Waals surface area contributed by atoms with Crippen molar-refractivity contribution in [3.05, 3.63) is 12.2 Å². The largest absolute Gasteiger partial charge is 0.278 e. The van der Waals surface area contributed by atoms with Crippen LogP contribution < -0.4 is 0 Å². The van der Waals surface area contributed by atoms with Crippen molar-refractivity contribution in [1.82, 2.24) is 5.06 Å². The third-order valence-electron chi connectivity index (χ3n) is 2.48. The van der Waals surface area contributed by atoms with Gasteiger partial charge < -0.3 is 0 Å². The average molecular weight is 167 g/mol. The van der Waals surface area contributed by atoms with Gasteiger partial charge in [-0.3, -0.25) is 14.8 Å². The second-order valence-corrected chi connectivity index (χ2v) is 3.14. The van der Waals surface area contributed by atoms with Crippen LogP contribution in [0.5, 0.6) is 0 Å². The number of hydrogen-bond donors (Lipinski definition) is 1. The van der Waals surface area contributed by atoms with Crippen molar-refractivity contribution in [1.29, 1.82) is 0 Å². The Labute approximate surface area is 69.4 Å². The highest BCUT2D eigenvalue weighted by molar-refractivity contribution is 6.04. The number of rotatable bonds is 0. The molecule has 1 aliphatic carbocycles. The molecule has 4 heteroatoms. The fourth-order valence-corrected chi connectivity index (χ4v) is 1.78. The van der Waals surface area contributed by atoms with E-state index in [2.05, 4.69) is 0 Å². The number of allylic oxidation sites excluding steroid dienone is 2. The molecule has 0 bridgehead atoms. The van der Waals surface area contributed by atoms with Crippen LogP contribution in [0.2, 0.25) is 0 Å². The van der Waals surface area contributed by atoms with Crippen LogP contribution in [0.1, 0.15) is 12.8 Å². The third-order valence-corrected chi connectivity index (χ3v) is 2.48. The number of imide groups is 1. The standard InChI is InChI=1S/C8H9NO3/c10-7-5-3-1-2-4-6(5)8(11)9(7)12/h1-2,5-6,12H,3-4H2/t5-,6-/m0/s1. The third kappa shape index (κ3) is 0.814. The fourth-order valence-electron chi connectivity index (χ4n) is 1.78. The molecule has 1 aliphatic heterocycles. The highest BCUT2D eigenvalue weighted by Crippen LogP contribution is 2.33. The number of amides is 2. The van der Waals surface area contributed by atoms with Crippen LogP contribution in [-0.2, 0) is 9.59 Å². The number of nitrogens with zero attached hydrogens (tertiary/aromatic N) is 1. The molecule has 1 fully saturated rings. The molecule has 1 heterocycles. The molecule has 0 unspecified atom stereocenters. The number of carbonyl (C=O) groups excluding carboxylic acids is 2. The molecule has 0 aromatic carbocycles. The summed E-state index contributed by atoms with van der Waals surface area (Å²) in [6, 6.07) is 0. The molecule has 4 nitrogen and oxygen atoms in total. The Morgan fingerprint density at radius 2 is 1.58 bits per heavy atom. The van der Waals surface area contributed by atoms with Gasteiger partial charge in [0, 0.05) is 0 Å². The number of hydrogen-bond acceptors (Lipinski definition) is 3.